The van der Waals surface area contributed by atoms with Crippen LogP contribution in [0.5, 0.6) is 0 Å². The smallest absolute Gasteiger partial charge is 0.262 e. The first-order valence-corrected chi connectivity index (χ1v) is 10.9. The Labute approximate surface area is 192 Å². The van der Waals surface area contributed by atoms with Gasteiger partial charge in [0.15, 0.2) is 0 Å². The second-order valence-corrected chi connectivity index (χ2v) is 8.31. The van der Waals surface area contributed by atoms with Crippen LogP contribution in [0.25, 0.3) is 27.6 Å². The van der Waals surface area contributed by atoms with Crippen LogP contribution in [-0.4, -0.2) is 23.8 Å². The molecule has 1 atom stereocenters. The molecule has 2 heterocycles. The number of pyridine rings is 1. The predicted octanol–water partition coefficient (Wildman–Crippen LogP) is 5.27. The first kappa shape index (κ1) is 20.6. The molecule has 0 spiro atoms. The van der Waals surface area contributed by atoms with Crippen LogP contribution in [0.1, 0.15) is 12.5 Å². The molecule has 5 rings (SSSR count). The third-order valence-electron chi connectivity index (χ3n) is 5.98. The fraction of sp³-hybridized carbons (Fsp3) is 0.143. The molecule has 162 valence electrons. The maximum absolute atomic E-state index is 13.4. The number of aromatic nitrogens is 1. The molecule has 33 heavy (non-hydrogen) atoms. The van der Waals surface area contributed by atoms with Crippen molar-refractivity contribution in [3.05, 3.63) is 107 Å². The molecule has 0 N–H and O–H groups in total. The van der Waals surface area contributed by atoms with Gasteiger partial charge < -0.3 is 9.64 Å². The summed E-state index contributed by atoms with van der Waals surface area (Å²) in [5.41, 5.74) is 4.38. The van der Waals surface area contributed by atoms with Gasteiger partial charge in [0.05, 0.1) is 24.7 Å². The van der Waals surface area contributed by atoms with Crippen molar-refractivity contribution in [3.63, 3.8) is 0 Å². The highest BCUT2D eigenvalue weighted by atomic mass is 16.5. The van der Waals surface area contributed by atoms with E-state index in [1.54, 1.807) is 16.7 Å². The number of morpholine rings is 1. The lowest BCUT2D eigenvalue weighted by atomic mass is 9.98. The second kappa shape index (κ2) is 8.33. The van der Waals surface area contributed by atoms with Gasteiger partial charge in [-0.2, -0.15) is 5.26 Å². The summed E-state index contributed by atoms with van der Waals surface area (Å²) in [4.78, 5) is 15.6. The van der Waals surface area contributed by atoms with Crippen molar-refractivity contribution < 1.29 is 4.74 Å². The molecule has 0 radical (unpaired) electrons. The van der Waals surface area contributed by atoms with Crippen LogP contribution >= 0.6 is 0 Å². The third-order valence-corrected chi connectivity index (χ3v) is 5.98. The lowest BCUT2D eigenvalue weighted by molar-refractivity contribution is 0.114. The standard InChI is InChI=1S/C28H23N3O2/c1-19-17-30(18-20(2)33-19)23-10-12-24(13-11-23)31-15-14-26-25(4-3-5-27(26)28(31)32)22-8-6-21(16-29)7-9-22/h3-15,20H,1,17-18H2,2H3/t20-/m0/s1. The second-order valence-electron chi connectivity index (χ2n) is 8.31. The van der Waals surface area contributed by atoms with Gasteiger partial charge in [0.2, 0.25) is 0 Å². The molecule has 0 unspecified atom stereocenters. The van der Waals surface area contributed by atoms with E-state index in [2.05, 4.69) is 17.5 Å². The molecular weight excluding hydrogens is 410 g/mol. The Morgan fingerprint density at radius 2 is 1.70 bits per heavy atom. The number of benzene rings is 3. The first-order valence-electron chi connectivity index (χ1n) is 10.9. The van der Waals surface area contributed by atoms with Gasteiger partial charge in [-0.05, 0) is 72.0 Å². The number of hydrogen-bond donors (Lipinski definition) is 0. The molecule has 5 heteroatoms. The summed E-state index contributed by atoms with van der Waals surface area (Å²) in [7, 11) is 0. The maximum Gasteiger partial charge on any atom is 0.262 e. The van der Waals surface area contributed by atoms with Gasteiger partial charge in [0.1, 0.15) is 11.9 Å². The average Bonchev–Trinajstić information content (AvgIpc) is 2.84. The predicted molar refractivity (Wildman–Crippen MR) is 132 cm³/mol. The molecule has 3 aromatic carbocycles. The average molecular weight is 434 g/mol. The highest BCUT2D eigenvalue weighted by Crippen LogP contribution is 2.28. The number of anilines is 1. The summed E-state index contributed by atoms with van der Waals surface area (Å²) in [6.07, 6.45) is 1.92. The highest BCUT2D eigenvalue weighted by molar-refractivity contribution is 5.96. The molecule has 1 aliphatic rings. The minimum atomic E-state index is -0.0656. The number of rotatable bonds is 3. The fourth-order valence-electron chi connectivity index (χ4n) is 4.42. The summed E-state index contributed by atoms with van der Waals surface area (Å²) in [5, 5.41) is 10.6. The molecular formula is C28H23N3O2. The topological polar surface area (TPSA) is 58.3 Å². The van der Waals surface area contributed by atoms with Gasteiger partial charge in [-0.3, -0.25) is 9.36 Å². The van der Waals surface area contributed by atoms with Gasteiger partial charge in [-0.1, -0.05) is 30.8 Å². The van der Waals surface area contributed by atoms with Crippen molar-refractivity contribution in [2.75, 3.05) is 18.0 Å². The molecule has 0 saturated carbocycles. The highest BCUT2D eigenvalue weighted by Gasteiger charge is 2.20. The third kappa shape index (κ3) is 3.88. The van der Waals surface area contributed by atoms with Crippen LogP contribution in [0.15, 0.2) is 96.1 Å². The largest absolute Gasteiger partial charge is 0.492 e. The van der Waals surface area contributed by atoms with Crippen LogP contribution in [0.3, 0.4) is 0 Å². The van der Waals surface area contributed by atoms with Gasteiger partial charge in [0, 0.05) is 23.0 Å². The molecule has 0 bridgehead atoms. The Bertz CT molecular complexity index is 1440. The van der Waals surface area contributed by atoms with Crippen LogP contribution in [-0.2, 0) is 4.74 Å². The van der Waals surface area contributed by atoms with E-state index >= 15 is 0 Å². The summed E-state index contributed by atoms with van der Waals surface area (Å²) >= 11 is 0. The van der Waals surface area contributed by atoms with Crippen LogP contribution in [0.2, 0.25) is 0 Å². The van der Waals surface area contributed by atoms with E-state index in [-0.39, 0.29) is 11.7 Å². The van der Waals surface area contributed by atoms with E-state index in [1.807, 2.05) is 73.8 Å². The molecule has 1 aromatic heterocycles. The van der Waals surface area contributed by atoms with E-state index in [1.165, 1.54) is 0 Å². The van der Waals surface area contributed by atoms with E-state index in [0.717, 1.165) is 40.2 Å². The monoisotopic (exact) mass is 433 g/mol. The lowest BCUT2D eigenvalue weighted by Gasteiger charge is -2.34. The van der Waals surface area contributed by atoms with Crippen LogP contribution < -0.4 is 10.5 Å². The molecule has 0 amide bonds. The van der Waals surface area contributed by atoms with Crippen molar-refractivity contribution >= 4 is 16.5 Å². The summed E-state index contributed by atoms with van der Waals surface area (Å²) in [5.74, 6) is 0.765. The maximum atomic E-state index is 13.4. The number of fused-ring (bicyclic) bond motifs is 1. The number of ether oxygens (including phenoxy) is 1. The Morgan fingerprint density at radius 1 is 0.970 bits per heavy atom. The van der Waals surface area contributed by atoms with E-state index in [4.69, 9.17) is 10.00 Å². The van der Waals surface area contributed by atoms with E-state index in [0.29, 0.717) is 17.5 Å². The van der Waals surface area contributed by atoms with E-state index < -0.39 is 0 Å². The van der Waals surface area contributed by atoms with Crippen molar-refractivity contribution in [1.29, 1.82) is 5.26 Å². The fourth-order valence-corrected chi connectivity index (χ4v) is 4.42. The number of hydrogen-bond acceptors (Lipinski definition) is 4. The lowest BCUT2D eigenvalue weighted by Crippen LogP contribution is -2.39. The molecule has 4 aromatic rings. The van der Waals surface area contributed by atoms with Crippen LogP contribution in [0.4, 0.5) is 5.69 Å². The van der Waals surface area contributed by atoms with Crippen molar-refractivity contribution in [3.8, 4) is 22.9 Å². The zero-order valence-electron chi connectivity index (χ0n) is 18.4. The minimum Gasteiger partial charge on any atom is -0.492 e. The zero-order valence-corrected chi connectivity index (χ0v) is 18.4. The van der Waals surface area contributed by atoms with Gasteiger partial charge >= 0.3 is 0 Å². The van der Waals surface area contributed by atoms with Gasteiger partial charge in [-0.15, -0.1) is 0 Å². The molecule has 1 aliphatic heterocycles. The Kier molecular flexibility index (Phi) is 5.20. The van der Waals surface area contributed by atoms with Crippen molar-refractivity contribution in [2.45, 2.75) is 13.0 Å². The molecule has 5 nitrogen and oxygen atoms in total. The van der Waals surface area contributed by atoms with Crippen molar-refractivity contribution in [2.24, 2.45) is 0 Å². The Hall–Kier alpha value is -4.30. The molecule has 1 fully saturated rings. The van der Waals surface area contributed by atoms with E-state index in [9.17, 15) is 4.79 Å². The van der Waals surface area contributed by atoms with Crippen molar-refractivity contribution in [1.82, 2.24) is 4.57 Å². The summed E-state index contributed by atoms with van der Waals surface area (Å²) in [6, 6.07) is 25.3. The minimum absolute atomic E-state index is 0.0656. The van der Waals surface area contributed by atoms with Crippen LogP contribution in [0, 0.1) is 11.3 Å². The SMILES string of the molecule is C=C1CN(c2ccc(-n3ccc4c(-c5ccc(C#N)cc5)cccc4c3=O)cc2)C[C@H](C)O1. The Balaban J connectivity index is 1.51. The summed E-state index contributed by atoms with van der Waals surface area (Å²) in [6.45, 7) is 7.46. The first-order chi connectivity index (χ1) is 16.0. The molecule has 0 aliphatic carbocycles. The number of nitrogens with zero attached hydrogens (tertiary/aromatic N) is 3. The Morgan fingerprint density at radius 3 is 2.39 bits per heavy atom. The summed E-state index contributed by atoms with van der Waals surface area (Å²) < 4.78 is 7.32. The molecule has 1 saturated heterocycles. The number of nitriles is 1. The van der Waals surface area contributed by atoms with Gasteiger partial charge in [-0.25, -0.2) is 0 Å². The quantitative estimate of drug-likeness (QED) is 0.442. The zero-order chi connectivity index (χ0) is 22.9. The normalized spacial score (nSPS) is 15.8. The van der Waals surface area contributed by atoms with Gasteiger partial charge in [0.25, 0.3) is 5.56 Å².